The van der Waals surface area contributed by atoms with Crippen LogP contribution in [0.3, 0.4) is 0 Å². The molecular formula is C14H17FN4O3. The largest absolute Gasteiger partial charge is 0.443 e. The number of benzene rings is 1. The van der Waals surface area contributed by atoms with Crippen LogP contribution in [0.1, 0.15) is 0 Å². The Labute approximate surface area is 127 Å². The van der Waals surface area contributed by atoms with E-state index >= 15 is 0 Å². The van der Waals surface area contributed by atoms with Gasteiger partial charge >= 0.3 is 6.09 Å². The maximum absolute atomic E-state index is 14.3. The SMILES string of the molecule is CN1CN(c2ccc(N3C[C@H](CN)OC3=O)cc2F)CC1=O. The molecule has 118 valence electrons. The number of likely N-dealkylation sites (N-methyl/N-ethyl adjacent to an activating group) is 1. The maximum Gasteiger partial charge on any atom is 0.414 e. The van der Waals surface area contributed by atoms with E-state index in [4.69, 9.17) is 10.5 Å². The highest BCUT2D eigenvalue weighted by Crippen LogP contribution is 2.28. The van der Waals surface area contributed by atoms with E-state index < -0.39 is 11.9 Å². The molecule has 0 bridgehead atoms. The Morgan fingerprint density at radius 2 is 2.18 bits per heavy atom. The van der Waals surface area contributed by atoms with Gasteiger partial charge in [-0.05, 0) is 18.2 Å². The molecule has 1 aromatic rings. The van der Waals surface area contributed by atoms with Crippen LogP contribution < -0.4 is 15.5 Å². The number of carbonyl (C=O) groups is 2. The van der Waals surface area contributed by atoms with Crippen LogP contribution in [0.5, 0.6) is 0 Å². The molecule has 2 saturated heterocycles. The summed E-state index contributed by atoms with van der Waals surface area (Å²) in [5, 5.41) is 0. The number of rotatable bonds is 3. The monoisotopic (exact) mass is 308 g/mol. The van der Waals surface area contributed by atoms with Gasteiger partial charge in [-0.1, -0.05) is 0 Å². The third kappa shape index (κ3) is 2.45. The van der Waals surface area contributed by atoms with Gasteiger partial charge < -0.3 is 20.3 Å². The minimum absolute atomic E-state index is 0.0580. The molecule has 3 rings (SSSR count). The summed E-state index contributed by atoms with van der Waals surface area (Å²) in [7, 11) is 1.67. The third-order valence-corrected chi connectivity index (χ3v) is 3.86. The van der Waals surface area contributed by atoms with E-state index in [1.807, 2.05) is 0 Å². The van der Waals surface area contributed by atoms with E-state index in [2.05, 4.69) is 0 Å². The predicted molar refractivity (Wildman–Crippen MR) is 78.1 cm³/mol. The normalized spacial score (nSPS) is 21.8. The standard InChI is InChI=1S/C14H17FN4O3/c1-17-8-18(7-13(17)20)12-3-2-9(4-11(12)15)19-6-10(5-16)22-14(19)21/h2-4,10H,5-8,16H2,1H3/t10-/m0/s1. The second-order valence-electron chi connectivity index (χ2n) is 5.42. The van der Waals surface area contributed by atoms with Crippen molar-refractivity contribution >= 4 is 23.4 Å². The average molecular weight is 308 g/mol. The first-order valence-electron chi connectivity index (χ1n) is 6.96. The molecule has 2 heterocycles. The molecule has 2 fully saturated rings. The number of nitrogens with zero attached hydrogens (tertiary/aromatic N) is 3. The fourth-order valence-corrected chi connectivity index (χ4v) is 2.61. The molecule has 1 aromatic carbocycles. The van der Waals surface area contributed by atoms with Crippen LogP contribution >= 0.6 is 0 Å². The van der Waals surface area contributed by atoms with E-state index in [0.717, 1.165) is 0 Å². The van der Waals surface area contributed by atoms with E-state index in [9.17, 15) is 14.0 Å². The fourth-order valence-electron chi connectivity index (χ4n) is 2.61. The molecule has 0 aliphatic carbocycles. The van der Waals surface area contributed by atoms with Gasteiger partial charge in [-0.2, -0.15) is 0 Å². The molecule has 0 radical (unpaired) electrons. The van der Waals surface area contributed by atoms with Gasteiger partial charge in [0.25, 0.3) is 0 Å². The number of hydrogen-bond acceptors (Lipinski definition) is 5. The minimum atomic E-state index is -0.529. The Balaban J connectivity index is 1.81. The molecule has 2 amide bonds. The van der Waals surface area contributed by atoms with Crippen LogP contribution in [-0.2, 0) is 9.53 Å². The van der Waals surface area contributed by atoms with Crippen molar-refractivity contribution in [2.75, 3.05) is 43.2 Å². The van der Waals surface area contributed by atoms with E-state index in [0.29, 0.717) is 24.6 Å². The molecule has 0 spiro atoms. The maximum atomic E-state index is 14.3. The summed E-state index contributed by atoms with van der Waals surface area (Å²) in [5.74, 6) is -0.540. The molecule has 7 nitrogen and oxygen atoms in total. The Bertz CT molecular complexity index is 624. The number of anilines is 2. The van der Waals surface area contributed by atoms with Crippen LogP contribution in [0.25, 0.3) is 0 Å². The fraction of sp³-hybridized carbons (Fsp3) is 0.429. The Kier molecular flexibility index (Phi) is 3.61. The van der Waals surface area contributed by atoms with Gasteiger partial charge in [0.05, 0.1) is 31.1 Å². The zero-order valence-corrected chi connectivity index (χ0v) is 12.2. The summed E-state index contributed by atoms with van der Waals surface area (Å²) in [5.41, 5.74) is 6.23. The molecule has 1 atom stereocenters. The number of halogens is 1. The summed E-state index contributed by atoms with van der Waals surface area (Å²) in [6.07, 6.45) is -0.904. The van der Waals surface area contributed by atoms with E-state index in [1.54, 1.807) is 24.1 Å². The predicted octanol–water partition coefficient (Wildman–Crippen LogP) is 0.345. The Morgan fingerprint density at radius 1 is 1.41 bits per heavy atom. The second-order valence-corrected chi connectivity index (χ2v) is 5.42. The van der Waals surface area contributed by atoms with Crippen LogP contribution in [0.4, 0.5) is 20.6 Å². The van der Waals surface area contributed by atoms with Gasteiger partial charge in [0.1, 0.15) is 11.9 Å². The van der Waals surface area contributed by atoms with E-state index in [1.165, 1.54) is 15.9 Å². The highest BCUT2D eigenvalue weighted by Gasteiger charge is 2.32. The van der Waals surface area contributed by atoms with Crippen molar-refractivity contribution in [1.29, 1.82) is 0 Å². The quantitative estimate of drug-likeness (QED) is 0.871. The average Bonchev–Trinajstić information content (AvgIpc) is 3.02. The first-order valence-corrected chi connectivity index (χ1v) is 6.96. The lowest BCUT2D eigenvalue weighted by Crippen LogP contribution is -2.28. The Morgan fingerprint density at radius 3 is 2.73 bits per heavy atom. The van der Waals surface area contributed by atoms with Crippen molar-refractivity contribution in [3.8, 4) is 0 Å². The summed E-state index contributed by atoms with van der Waals surface area (Å²) >= 11 is 0. The topological polar surface area (TPSA) is 79.1 Å². The number of carbonyl (C=O) groups excluding carboxylic acids is 2. The minimum Gasteiger partial charge on any atom is -0.443 e. The van der Waals surface area contributed by atoms with Gasteiger partial charge in [0, 0.05) is 13.6 Å². The lowest BCUT2D eigenvalue weighted by molar-refractivity contribution is -0.125. The lowest BCUT2D eigenvalue weighted by Gasteiger charge is -2.20. The zero-order chi connectivity index (χ0) is 15.9. The van der Waals surface area contributed by atoms with Crippen molar-refractivity contribution in [1.82, 2.24) is 4.90 Å². The van der Waals surface area contributed by atoms with Gasteiger partial charge in [0.15, 0.2) is 0 Å². The molecule has 22 heavy (non-hydrogen) atoms. The van der Waals surface area contributed by atoms with Crippen LogP contribution in [-0.4, -0.2) is 56.4 Å². The van der Waals surface area contributed by atoms with Crippen molar-refractivity contribution in [3.05, 3.63) is 24.0 Å². The number of hydrogen-bond donors (Lipinski definition) is 1. The van der Waals surface area contributed by atoms with Crippen molar-refractivity contribution < 1.29 is 18.7 Å². The van der Waals surface area contributed by atoms with E-state index in [-0.39, 0.29) is 25.1 Å². The summed E-state index contributed by atoms with van der Waals surface area (Å²) in [4.78, 5) is 27.8. The number of cyclic esters (lactones) is 1. The molecule has 8 heteroatoms. The highest BCUT2D eigenvalue weighted by molar-refractivity contribution is 5.90. The first kappa shape index (κ1) is 14.6. The van der Waals surface area contributed by atoms with Gasteiger partial charge in [-0.3, -0.25) is 9.69 Å². The van der Waals surface area contributed by atoms with Gasteiger partial charge in [-0.25, -0.2) is 9.18 Å². The van der Waals surface area contributed by atoms with Crippen LogP contribution in [0.15, 0.2) is 18.2 Å². The Hall–Kier alpha value is -2.35. The third-order valence-electron chi connectivity index (χ3n) is 3.86. The number of ether oxygens (including phenoxy) is 1. The molecule has 0 aromatic heterocycles. The number of amides is 2. The molecule has 2 aliphatic heterocycles. The number of nitrogens with two attached hydrogens (primary N) is 1. The van der Waals surface area contributed by atoms with Crippen LogP contribution in [0.2, 0.25) is 0 Å². The first-order chi connectivity index (χ1) is 10.5. The molecule has 2 N–H and O–H groups in total. The highest BCUT2D eigenvalue weighted by atomic mass is 19.1. The van der Waals surface area contributed by atoms with Crippen molar-refractivity contribution in [3.63, 3.8) is 0 Å². The van der Waals surface area contributed by atoms with Gasteiger partial charge in [-0.15, -0.1) is 0 Å². The van der Waals surface area contributed by atoms with Crippen molar-refractivity contribution in [2.24, 2.45) is 5.73 Å². The van der Waals surface area contributed by atoms with Crippen molar-refractivity contribution in [2.45, 2.75) is 6.10 Å². The second kappa shape index (κ2) is 5.45. The summed E-state index contributed by atoms with van der Waals surface area (Å²) < 4.78 is 19.4. The van der Waals surface area contributed by atoms with Crippen LogP contribution in [0, 0.1) is 5.82 Å². The molecule has 2 aliphatic rings. The smallest absolute Gasteiger partial charge is 0.414 e. The van der Waals surface area contributed by atoms with Gasteiger partial charge in [0.2, 0.25) is 5.91 Å². The lowest BCUT2D eigenvalue weighted by atomic mass is 10.2. The summed E-state index contributed by atoms with van der Waals surface area (Å²) in [6.45, 7) is 1.02. The molecular weight excluding hydrogens is 291 g/mol. The molecule has 0 unspecified atom stereocenters. The molecule has 0 saturated carbocycles. The zero-order valence-electron chi connectivity index (χ0n) is 12.2. The summed E-state index contributed by atoms with van der Waals surface area (Å²) in [6, 6.07) is 4.49.